The number of hydrogen-bond donors (Lipinski definition) is 0. The van der Waals surface area contributed by atoms with Gasteiger partial charge in [-0.2, -0.15) is 0 Å². The van der Waals surface area contributed by atoms with E-state index in [-0.39, 0.29) is 23.6 Å². The molecule has 0 unspecified atom stereocenters. The molecule has 1 saturated heterocycles. The van der Waals surface area contributed by atoms with Crippen LogP contribution in [0, 0.1) is 5.82 Å². The lowest BCUT2D eigenvalue weighted by atomic mass is 10.2. The average molecular weight is 268 g/mol. The first-order valence-corrected chi connectivity index (χ1v) is 6.09. The minimum Gasteiger partial charge on any atom is -0.383 e. The van der Waals surface area contributed by atoms with Crippen LogP contribution in [0.1, 0.15) is 16.8 Å². The monoisotopic (exact) mass is 268 g/mol. The molecule has 19 heavy (non-hydrogen) atoms. The van der Waals surface area contributed by atoms with Gasteiger partial charge in [0, 0.05) is 27.0 Å². The van der Waals surface area contributed by atoms with Gasteiger partial charge in [-0.1, -0.05) is 0 Å². The molecule has 0 bridgehead atoms. The summed E-state index contributed by atoms with van der Waals surface area (Å²) in [5, 5.41) is 0. The third-order valence-electron chi connectivity index (χ3n) is 3.33. The van der Waals surface area contributed by atoms with Crippen molar-refractivity contribution in [3.05, 3.63) is 29.8 Å². The van der Waals surface area contributed by atoms with Crippen LogP contribution < -0.4 is 0 Å². The number of rotatable bonds is 4. The Morgan fingerprint density at radius 1 is 1.58 bits per heavy atom. The molecular weight excluding hydrogens is 251 g/mol. The number of pyridine rings is 1. The number of methoxy groups -OCH3 is 2. The first-order valence-electron chi connectivity index (χ1n) is 6.09. The second kappa shape index (κ2) is 6.08. The van der Waals surface area contributed by atoms with E-state index >= 15 is 0 Å². The van der Waals surface area contributed by atoms with Crippen LogP contribution in [-0.4, -0.2) is 55.3 Å². The maximum atomic E-state index is 13.6. The van der Waals surface area contributed by atoms with E-state index in [9.17, 15) is 9.18 Å². The molecule has 1 amide bonds. The predicted octanol–water partition coefficient (Wildman–Crippen LogP) is 1.10. The number of hydrogen-bond acceptors (Lipinski definition) is 4. The van der Waals surface area contributed by atoms with Crippen molar-refractivity contribution in [2.45, 2.75) is 18.6 Å². The van der Waals surface area contributed by atoms with Crippen molar-refractivity contribution in [3.63, 3.8) is 0 Å². The number of amides is 1. The SMILES string of the molecule is COC[C@@H]1C[C@H](OC)CN1C(=O)c1ccncc1F. The van der Waals surface area contributed by atoms with Crippen LogP contribution >= 0.6 is 0 Å². The summed E-state index contributed by atoms with van der Waals surface area (Å²) in [6.45, 7) is 0.865. The molecule has 1 aliphatic heterocycles. The average Bonchev–Trinajstić information content (AvgIpc) is 2.82. The van der Waals surface area contributed by atoms with Gasteiger partial charge >= 0.3 is 0 Å². The Bertz CT molecular complexity index is 455. The Morgan fingerprint density at radius 2 is 2.37 bits per heavy atom. The van der Waals surface area contributed by atoms with E-state index in [0.29, 0.717) is 19.6 Å². The van der Waals surface area contributed by atoms with Crippen LogP contribution in [0.3, 0.4) is 0 Å². The zero-order valence-corrected chi connectivity index (χ0v) is 11.0. The number of carbonyl (C=O) groups is 1. The minimum absolute atomic E-state index is 0.0333. The maximum Gasteiger partial charge on any atom is 0.257 e. The van der Waals surface area contributed by atoms with Crippen LogP contribution in [0.25, 0.3) is 0 Å². The van der Waals surface area contributed by atoms with Crippen molar-refractivity contribution in [1.82, 2.24) is 9.88 Å². The summed E-state index contributed by atoms with van der Waals surface area (Å²) in [4.78, 5) is 17.6. The van der Waals surface area contributed by atoms with Gasteiger partial charge in [0.05, 0.1) is 30.5 Å². The lowest BCUT2D eigenvalue weighted by Gasteiger charge is -2.23. The zero-order chi connectivity index (χ0) is 13.8. The van der Waals surface area contributed by atoms with Gasteiger partial charge in [-0.05, 0) is 12.5 Å². The fraction of sp³-hybridized carbons (Fsp3) is 0.538. The third-order valence-corrected chi connectivity index (χ3v) is 3.33. The van der Waals surface area contributed by atoms with Crippen LogP contribution in [0.5, 0.6) is 0 Å². The van der Waals surface area contributed by atoms with Gasteiger partial charge in [0.1, 0.15) is 0 Å². The van der Waals surface area contributed by atoms with Crippen molar-refractivity contribution >= 4 is 5.91 Å². The van der Waals surface area contributed by atoms with Gasteiger partial charge < -0.3 is 14.4 Å². The Hall–Kier alpha value is -1.53. The molecule has 6 heteroatoms. The van der Waals surface area contributed by atoms with Crippen LogP contribution in [-0.2, 0) is 9.47 Å². The van der Waals surface area contributed by atoms with Gasteiger partial charge in [0.25, 0.3) is 5.91 Å². The Labute approximate surface area is 111 Å². The lowest BCUT2D eigenvalue weighted by molar-refractivity contribution is 0.0607. The van der Waals surface area contributed by atoms with Crippen LogP contribution in [0.2, 0.25) is 0 Å². The second-order valence-electron chi connectivity index (χ2n) is 4.52. The summed E-state index contributed by atoms with van der Waals surface area (Å²) in [5.74, 6) is -0.953. The molecule has 2 heterocycles. The third kappa shape index (κ3) is 2.90. The van der Waals surface area contributed by atoms with Crippen molar-refractivity contribution < 1.29 is 18.7 Å². The largest absolute Gasteiger partial charge is 0.383 e. The van der Waals surface area contributed by atoms with Crippen molar-refractivity contribution in [2.75, 3.05) is 27.4 Å². The summed E-state index contributed by atoms with van der Waals surface area (Å²) < 4.78 is 24.0. The molecule has 1 aromatic heterocycles. The number of nitrogens with zero attached hydrogens (tertiary/aromatic N) is 2. The quantitative estimate of drug-likeness (QED) is 0.820. The van der Waals surface area contributed by atoms with E-state index < -0.39 is 5.82 Å². The number of aromatic nitrogens is 1. The van der Waals surface area contributed by atoms with E-state index in [2.05, 4.69) is 4.98 Å². The minimum atomic E-state index is -0.607. The highest BCUT2D eigenvalue weighted by Gasteiger charge is 2.36. The number of ether oxygens (including phenoxy) is 2. The summed E-state index contributed by atoms with van der Waals surface area (Å²) in [7, 11) is 3.19. The van der Waals surface area contributed by atoms with Gasteiger partial charge in [0.15, 0.2) is 5.82 Å². The highest BCUT2D eigenvalue weighted by molar-refractivity contribution is 5.94. The molecule has 0 saturated carbocycles. The molecule has 0 spiro atoms. The topological polar surface area (TPSA) is 51.7 Å². The van der Waals surface area contributed by atoms with E-state index in [1.165, 1.54) is 12.3 Å². The first-order chi connectivity index (χ1) is 9.17. The summed E-state index contributed by atoms with van der Waals surface area (Å²) in [6.07, 6.45) is 3.12. The summed E-state index contributed by atoms with van der Waals surface area (Å²) in [5.41, 5.74) is 0.0351. The van der Waals surface area contributed by atoms with Crippen molar-refractivity contribution in [3.8, 4) is 0 Å². The highest BCUT2D eigenvalue weighted by Crippen LogP contribution is 2.23. The molecule has 1 aromatic rings. The Kier molecular flexibility index (Phi) is 4.44. The fourth-order valence-corrected chi connectivity index (χ4v) is 2.35. The summed E-state index contributed by atoms with van der Waals surface area (Å²) in [6, 6.07) is 1.30. The Morgan fingerprint density at radius 3 is 3.00 bits per heavy atom. The maximum absolute atomic E-state index is 13.6. The predicted molar refractivity (Wildman–Crippen MR) is 66.3 cm³/mol. The molecule has 0 N–H and O–H groups in total. The van der Waals surface area contributed by atoms with Crippen molar-refractivity contribution in [1.29, 1.82) is 0 Å². The molecule has 5 nitrogen and oxygen atoms in total. The summed E-state index contributed by atoms with van der Waals surface area (Å²) >= 11 is 0. The normalized spacial score (nSPS) is 22.8. The number of halogens is 1. The van der Waals surface area contributed by atoms with Crippen molar-refractivity contribution in [2.24, 2.45) is 0 Å². The molecular formula is C13H17FN2O3. The smallest absolute Gasteiger partial charge is 0.257 e. The van der Waals surface area contributed by atoms with E-state index in [0.717, 1.165) is 6.20 Å². The molecule has 104 valence electrons. The molecule has 2 rings (SSSR count). The van der Waals surface area contributed by atoms with E-state index in [4.69, 9.17) is 9.47 Å². The molecule has 2 atom stereocenters. The fourth-order valence-electron chi connectivity index (χ4n) is 2.35. The molecule has 0 aromatic carbocycles. The number of likely N-dealkylation sites (tertiary alicyclic amines) is 1. The zero-order valence-electron chi connectivity index (χ0n) is 11.0. The molecule has 0 radical (unpaired) electrons. The van der Waals surface area contributed by atoms with Gasteiger partial charge in [0.2, 0.25) is 0 Å². The standard InChI is InChI=1S/C13H17FN2O3/c1-18-8-9-5-10(19-2)7-16(9)13(17)11-3-4-15-6-12(11)14/h3-4,6,9-10H,5,7-8H2,1-2H3/t9-,10-/m0/s1. The van der Waals surface area contributed by atoms with Gasteiger partial charge in [-0.3, -0.25) is 9.78 Å². The highest BCUT2D eigenvalue weighted by atomic mass is 19.1. The second-order valence-corrected chi connectivity index (χ2v) is 4.52. The van der Waals surface area contributed by atoms with Crippen LogP contribution in [0.15, 0.2) is 18.5 Å². The van der Waals surface area contributed by atoms with Gasteiger partial charge in [-0.25, -0.2) is 4.39 Å². The van der Waals surface area contributed by atoms with E-state index in [1.54, 1.807) is 19.1 Å². The lowest BCUT2D eigenvalue weighted by Crippen LogP contribution is -2.38. The van der Waals surface area contributed by atoms with Gasteiger partial charge in [-0.15, -0.1) is 0 Å². The Balaban J connectivity index is 2.19. The first kappa shape index (κ1) is 13.9. The number of carbonyl (C=O) groups excluding carboxylic acids is 1. The molecule has 1 fully saturated rings. The van der Waals surface area contributed by atoms with E-state index in [1.807, 2.05) is 0 Å². The molecule has 0 aliphatic carbocycles. The van der Waals surface area contributed by atoms with Crippen LogP contribution in [0.4, 0.5) is 4.39 Å². The molecule has 1 aliphatic rings.